The van der Waals surface area contributed by atoms with Crippen molar-refractivity contribution in [3.05, 3.63) is 0 Å². The normalized spacial score (nSPS) is 13.9. The Hall–Kier alpha value is -0.170. The first-order valence-electron chi connectivity index (χ1n) is 5.74. The van der Waals surface area contributed by atoms with E-state index in [1.54, 1.807) is 7.11 Å². The van der Waals surface area contributed by atoms with Gasteiger partial charge in [0.15, 0.2) is 0 Å². The lowest BCUT2D eigenvalue weighted by atomic mass is 10.1. The zero-order chi connectivity index (χ0) is 12.4. The lowest BCUT2D eigenvalue weighted by molar-refractivity contribution is 0.199. The predicted octanol–water partition coefficient (Wildman–Crippen LogP) is 0.460. The molecule has 1 unspecified atom stereocenters. The second-order valence-corrected chi connectivity index (χ2v) is 5.73. The monoisotopic (exact) mass is 252 g/mol. The molecule has 0 aromatic heterocycles. The smallest absolute Gasteiger partial charge is 0.211 e. The summed E-state index contributed by atoms with van der Waals surface area (Å²) in [6.45, 7) is 2.88. The number of methoxy groups -OCH3 is 1. The summed E-state index contributed by atoms with van der Waals surface area (Å²) in [5, 5.41) is 0. The molecule has 1 atom stereocenters. The van der Waals surface area contributed by atoms with Crippen LogP contribution in [0.4, 0.5) is 0 Å². The summed E-state index contributed by atoms with van der Waals surface area (Å²) in [4.78, 5) is 0. The van der Waals surface area contributed by atoms with E-state index in [-0.39, 0.29) is 11.8 Å². The molecule has 0 heterocycles. The first-order valence-corrected chi connectivity index (χ1v) is 7.40. The van der Waals surface area contributed by atoms with Gasteiger partial charge in [-0.2, -0.15) is 0 Å². The van der Waals surface area contributed by atoms with E-state index in [4.69, 9.17) is 10.5 Å². The van der Waals surface area contributed by atoms with Crippen LogP contribution in [0.3, 0.4) is 0 Å². The first-order chi connectivity index (χ1) is 7.55. The van der Waals surface area contributed by atoms with E-state index in [2.05, 4.69) is 11.6 Å². The second-order valence-electron chi connectivity index (χ2n) is 3.86. The molecule has 98 valence electrons. The summed E-state index contributed by atoms with van der Waals surface area (Å²) in [5.41, 5.74) is 5.52. The molecule has 0 aliphatic heterocycles. The average Bonchev–Trinajstić information content (AvgIpc) is 2.24. The molecular formula is C10H24N2O3S. The number of unbranched alkanes of at least 4 members (excludes halogenated alkanes) is 1. The largest absolute Gasteiger partial charge is 0.385 e. The van der Waals surface area contributed by atoms with Crippen LogP contribution in [0, 0.1) is 0 Å². The van der Waals surface area contributed by atoms with Gasteiger partial charge in [0.25, 0.3) is 0 Å². The minimum atomic E-state index is -3.21. The van der Waals surface area contributed by atoms with E-state index in [0.29, 0.717) is 19.6 Å². The first kappa shape index (κ1) is 15.8. The van der Waals surface area contributed by atoms with Crippen molar-refractivity contribution in [1.82, 2.24) is 4.72 Å². The van der Waals surface area contributed by atoms with Crippen LogP contribution < -0.4 is 10.5 Å². The maximum atomic E-state index is 11.6. The Morgan fingerprint density at radius 2 is 2.06 bits per heavy atom. The van der Waals surface area contributed by atoms with Gasteiger partial charge in [0, 0.05) is 26.3 Å². The third-order valence-electron chi connectivity index (χ3n) is 2.30. The lowest BCUT2D eigenvalue weighted by Gasteiger charge is -2.16. The fourth-order valence-corrected chi connectivity index (χ4v) is 2.72. The summed E-state index contributed by atoms with van der Waals surface area (Å²) in [5.74, 6) is 0.101. The van der Waals surface area contributed by atoms with Gasteiger partial charge in [-0.05, 0) is 12.8 Å². The van der Waals surface area contributed by atoms with Gasteiger partial charge in [0.1, 0.15) is 0 Å². The molecule has 0 fully saturated rings. The Balaban J connectivity index is 4.00. The van der Waals surface area contributed by atoms with Crippen molar-refractivity contribution in [2.45, 2.75) is 38.6 Å². The van der Waals surface area contributed by atoms with Gasteiger partial charge in [-0.1, -0.05) is 19.8 Å². The van der Waals surface area contributed by atoms with Crippen LogP contribution >= 0.6 is 0 Å². The molecular weight excluding hydrogens is 228 g/mol. The Morgan fingerprint density at radius 1 is 1.38 bits per heavy atom. The Labute approximate surface area is 98.8 Å². The highest BCUT2D eigenvalue weighted by Crippen LogP contribution is 2.02. The van der Waals surface area contributed by atoms with Crippen LogP contribution in [0.25, 0.3) is 0 Å². The topological polar surface area (TPSA) is 81.4 Å². The van der Waals surface area contributed by atoms with Gasteiger partial charge in [-0.25, -0.2) is 13.1 Å². The molecule has 0 aromatic carbocycles. The second kappa shape index (κ2) is 8.92. The highest BCUT2D eigenvalue weighted by Gasteiger charge is 2.15. The van der Waals surface area contributed by atoms with Crippen LogP contribution in [0.15, 0.2) is 0 Å². The molecule has 3 N–H and O–H groups in total. The number of ether oxygens (including phenoxy) is 1. The number of nitrogens with one attached hydrogen (secondary N) is 1. The Bertz CT molecular complexity index is 255. The molecule has 0 bridgehead atoms. The van der Waals surface area contributed by atoms with Crippen molar-refractivity contribution in [1.29, 1.82) is 0 Å². The molecule has 16 heavy (non-hydrogen) atoms. The zero-order valence-corrected chi connectivity index (χ0v) is 11.1. The quantitative estimate of drug-likeness (QED) is 0.553. The van der Waals surface area contributed by atoms with Gasteiger partial charge in [-0.3, -0.25) is 0 Å². The van der Waals surface area contributed by atoms with E-state index in [1.165, 1.54) is 0 Å². The molecule has 0 aromatic rings. The number of sulfonamides is 1. The molecule has 0 rings (SSSR count). The molecule has 0 aliphatic carbocycles. The third-order valence-corrected chi connectivity index (χ3v) is 3.82. The molecule has 0 amide bonds. The third kappa shape index (κ3) is 8.04. The van der Waals surface area contributed by atoms with Crippen molar-refractivity contribution < 1.29 is 13.2 Å². The molecule has 6 heteroatoms. The van der Waals surface area contributed by atoms with E-state index in [1.807, 2.05) is 0 Å². The van der Waals surface area contributed by atoms with Gasteiger partial charge in [0.05, 0.1) is 5.75 Å². The van der Waals surface area contributed by atoms with Crippen LogP contribution in [0.2, 0.25) is 0 Å². The van der Waals surface area contributed by atoms with E-state index < -0.39 is 10.0 Å². The summed E-state index contributed by atoms with van der Waals surface area (Å²) < 4.78 is 30.7. The minimum Gasteiger partial charge on any atom is -0.385 e. The maximum absolute atomic E-state index is 11.6. The Morgan fingerprint density at radius 3 is 2.56 bits per heavy atom. The standard InChI is InChI=1S/C10H24N2O3S/c1-3-4-6-10(9-11)12-16(13,14)8-5-7-15-2/h10,12H,3-9,11H2,1-2H3. The fourth-order valence-electron chi connectivity index (χ4n) is 1.38. The molecule has 0 spiro atoms. The van der Waals surface area contributed by atoms with E-state index in [0.717, 1.165) is 19.3 Å². The predicted molar refractivity (Wildman–Crippen MR) is 65.8 cm³/mol. The van der Waals surface area contributed by atoms with Crippen LogP contribution in [0.5, 0.6) is 0 Å². The molecule has 0 saturated carbocycles. The van der Waals surface area contributed by atoms with Crippen molar-refractivity contribution in [3.63, 3.8) is 0 Å². The van der Waals surface area contributed by atoms with Gasteiger partial charge < -0.3 is 10.5 Å². The van der Waals surface area contributed by atoms with E-state index >= 15 is 0 Å². The molecule has 0 radical (unpaired) electrons. The molecule has 5 nitrogen and oxygen atoms in total. The van der Waals surface area contributed by atoms with Crippen LogP contribution in [-0.4, -0.2) is 40.5 Å². The zero-order valence-electron chi connectivity index (χ0n) is 10.2. The van der Waals surface area contributed by atoms with Crippen LogP contribution in [-0.2, 0) is 14.8 Å². The number of hydrogen-bond donors (Lipinski definition) is 2. The highest BCUT2D eigenvalue weighted by molar-refractivity contribution is 7.89. The van der Waals surface area contributed by atoms with Gasteiger partial charge in [-0.15, -0.1) is 0 Å². The van der Waals surface area contributed by atoms with Crippen molar-refractivity contribution in [2.24, 2.45) is 5.73 Å². The van der Waals surface area contributed by atoms with Crippen molar-refractivity contribution in [3.8, 4) is 0 Å². The van der Waals surface area contributed by atoms with Crippen molar-refractivity contribution in [2.75, 3.05) is 26.0 Å². The highest BCUT2D eigenvalue weighted by atomic mass is 32.2. The minimum absolute atomic E-state index is 0.101. The summed E-state index contributed by atoms with van der Waals surface area (Å²) in [6.07, 6.45) is 3.35. The number of rotatable bonds is 10. The number of nitrogens with two attached hydrogens (primary N) is 1. The fraction of sp³-hybridized carbons (Fsp3) is 1.00. The summed E-state index contributed by atoms with van der Waals surface area (Å²) in [7, 11) is -1.65. The number of hydrogen-bond acceptors (Lipinski definition) is 4. The van der Waals surface area contributed by atoms with Gasteiger partial charge in [0.2, 0.25) is 10.0 Å². The SMILES string of the molecule is CCCCC(CN)NS(=O)(=O)CCCOC. The summed E-state index contributed by atoms with van der Waals surface area (Å²) in [6, 6.07) is -0.132. The summed E-state index contributed by atoms with van der Waals surface area (Å²) >= 11 is 0. The molecule has 0 aliphatic rings. The van der Waals surface area contributed by atoms with Crippen molar-refractivity contribution >= 4 is 10.0 Å². The van der Waals surface area contributed by atoms with E-state index in [9.17, 15) is 8.42 Å². The van der Waals surface area contributed by atoms with Gasteiger partial charge >= 0.3 is 0 Å². The molecule has 0 saturated heterocycles. The van der Waals surface area contributed by atoms with Crippen LogP contribution in [0.1, 0.15) is 32.6 Å². The lowest BCUT2D eigenvalue weighted by Crippen LogP contribution is -2.41. The average molecular weight is 252 g/mol. The maximum Gasteiger partial charge on any atom is 0.211 e. The Kier molecular flexibility index (Phi) is 8.83.